The van der Waals surface area contributed by atoms with E-state index in [2.05, 4.69) is 22.1 Å². The molecule has 0 bridgehead atoms. The summed E-state index contributed by atoms with van der Waals surface area (Å²) in [5, 5.41) is 15.3. The van der Waals surface area contributed by atoms with Crippen molar-refractivity contribution >= 4 is 22.5 Å². The van der Waals surface area contributed by atoms with Crippen molar-refractivity contribution in [2.45, 2.75) is 32.4 Å². The second kappa shape index (κ2) is 8.26. The van der Waals surface area contributed by atoms with E-state index in [0.29, 0.717) is 13.1 Å². The van der Waals surface area contributed by atoms with E-state index in [-0.39, 0.29) is 6.10 Å². The van der Waals surface area contributed by atoms with E-state index in [9.17, 15) is 5.11 Å². The molecule has 0 aliphatic carbocycles. The summed E-state index contributed by atoms with van der Waals surface area (Å²) in [5.41, 5.74) is 2.03. The summed E-state index contributed by atoms with van der Waals surface area (Å²) in [4.78, 5) is 6.81. The average molecular weight is 348 g/mol. The lowest BCUT2D eigenvalue weighted by Gasteiger charge is -2.31. The van der Waals surface area contributed by atoms with Crippen LogP contribution in [0.3, 0.4) is 0 Å². The number of pyridine rings is 1. The minimum Gasteiger partial charge on any atom is -0.390 e. The van der Waals surface area contributed by atoms with Gasteiger partial charge in [0.25, 0.3) is 0 Å². The molecule has 2 heterocycles. The maximum atomic E-state index is 10.3. The zero-order valence-electron chi connectivity index (χ0n) is 14.2. The lowest BCUT2D eigenvalue weighted by atomic mass is 9.99. The van der Waals surface area contributed by atoms with Crippen molar-refractivity contribution in [3.8, 4) is 0 Å². The summed E-state index contributed by atoms with van der Waals surface area (Å²) in [6.07, 6.45) is 3.92. The lowest BCUT2D eigenvalue weighted by Crippen LogP contribution is -2.41. The molecule has 0 spiro atoms. The highest BCUT2D eigenvalue weighted by atomic mass is 35.5. The molecular weight excluding hydrogens is 322 g/mol. The quantitative estimate of drug-likeness (QED) is 0.843. The number of likely N-dealkylation sites (tertiary alicyclic amines) is 1. The van der Waals surface area contributed by atoms with Crippen LogP contribution in [0.15, 0.2) is 30.5 Å². The van der Waals surface area contributed by atoms with Gasteiger partial charge in [-0.15, -0.1) is 0 Å². The highest BCUT2D eigenvalue weighted by Crippen LogP contribution is 2.24. The summed E-state index contributed by atoms with van der Waals surface area (Å²) in [6.45, 7) is 6.52. The van der Waals surface area contributed by atoms with Gasteiger partial charge in [-0.3, -0.25) is 4.98 Å². The molecule has 0 saturated carbocycles. The summed E-state index contributed by atoms with van der Waals surface area (Å²) < 4.78 is 0. The zero-order chi connectivity index (χ0) is 16.9. The molecule has 4 nitrogen and oxygen atoms in total. The first kappa shape index (κ1) is 17.6. The standard InChI is InChI=1S/C19H26ClN3O/c1-14-6-9-23(10-7-14)13-16(24)12-21-11-15-4-5-18(20)17-3-2-8-22-19(15)17/h2-5,8,14,16,21,24H,6-7,9-13H2,1H3. The van der Waals surface area contributed by atoms with E-state index in [1.807, 2.05) is 24.3 Å². The third-order valence-corrected chi connectivity index (χ3v) is 5.17. The van der Waals surface area contributed by atoms with E-state index >= 15 is 0 Å². The molecule has 5 heteroatoms. The van der Waals surface area contributed by atoms with Crippen LogP contribution in [0.4, 0.5) is 0 Å². The molecule has 24 heavy (non-hydrogen) atoms. The van der Waals surface area contributed by atoms with Gasteiger partial charge in [-0.05, 0) is 55.6 Å². The van der Waals surface area contributed by atoms with Crippen LogP contribution in [0.5, 0.6) is 0 Å². The number of aromatic nitrogens is 1. The first-order valence-electron chi connectivity index (χ1n) is 8.76. The number of hydrogen-bond donors (Lipinski definition) is 2. The molecule has 1 aliphatic rings. The number of rotatable bonds is 6. The number of hydrogen-bond acceptors (Lipinski definition) is 4. The summed E-state index contributed by atoms with van der Waals surface area (Å²) in [7, 11) is 0. The number of halogens is 1. The van der Waals surface area contributed by atoms with Gasteiger partial charge in [0, 0.05) is 36.2 Å². The van der Waals surface area contributed by atoms with Gasteiger partial charge in [-0.25, -0.2) is 0 Å². The lowest BCUT2D eigenvalue weighted by molar-refractivity contribution is 0.0907. The van der Waals surface area contributed by atoms with Gasteiger partial charge in [0.2, 0.25) is 0 Å². The van der Waals surface area contributed by atoms with Crippen LogP contribution in [0.2, 0.25) is 5.02 Å². The molecule has 3 rings (SSSR count). The van der Waals surface area contributed by atoms with Crippen LogP contribution in [0.1, 0.15) is 25.3 Å². The van der Waals surface area contributed by atoms with Crippen molar-refractivity contribution in [1.82, 2.24) is 15.2 Å². The van der Waals surface area contributed by atoms with Crippen LogP contribution < -0.4 is 5.32 Å². The average Bonchev–Trinajstić information content (AvgIpc) is 2.59. The fourth-order valence-corrected chi connectivity index (χ4v) is 3.54. The van der Waals surface area contributed by atoms with Crippen molar-refractivity contribution < 1.29 is 5.11 Å². The van der Waals surface area contributed by atoms with Crippen molar-refractivity contribution in [2.24, 2.45) is 5.92 Å². The Morgan fingerprint density at radius 1 is 1.33 bits per heavy atom. The molecule has 1 atom stereocenters. The monoisotopic (exact) mass is 347 g/mol. The number of aliphatic hydroxyl groups is 1. The Morgan fingerprint density at radius 2 is 2.12 bits per heavy atom. The van der Waals surface area contributed by atoms with Gasteiger partial charge in [0.1, 0.15) is 0 Å². The van der Waals surface area contributed by atoms with Gasteiger partial charge in [-0.1, -0.05) is 24.6 Å². The smallest absolute Gasteiger partial charge is 0.0791 e. The van der Waals surface area contributed by atoms with Gasteiger partial charge >= 0.3 is 0 Å². The molecule has 1 fully saturated rings. The minimum absolute atomic E-state index is 0.343. The van der Waals surface area contributed by atoms with E-state index in [4.69, 9.17) is 11.6 Å². The molecule has 1 aliphatic heterocycles. The fourth-order valence-electron chi connectivity index (χ4n) is 3.32. The third-order valence-electron chi connectivity index (χ3n) is 4.84. The summed E-state index contributed by atoms with van der Waals surface area (Å²) in [5.74, 6) is 0.821. The number of aliphatic hydroxyl groups excluding tert-OH is 1. The number of piperidine rings is 1. The second-order valence-electron chi connectivity index (χ2n) is 6.87. The largest absolute Gasteiger partial charge is 0.390 e. The maximum absolute atomic E-state index is 10.3. The van der Waals surface area contributed by atoms with Crippen molar-refractivity contribution in [2.75, 3.05) is 26.2 Å². The molecule has 0 radical (unpaired) electrons. The van der Waals surface area contributed by atoms with E-state index in [0.717, 1.165) is 47.0 Å². The van der Waals surface area contributed by atoms with Gasteiger partial charge < -0.3 is 15.3 Å². The number of fused-ring (bicyclic) bond motifs is 1. The van der Waals surface area contributed by atoms with E-state index in [1.54, 1.807) is 6.20 Å². The Bertz CT molecular complexity index is 671. The van der Waals surface area contributed by atoms with Crippen LogP contribution in [0.25, 0.3) is 10.9 Å². The van der Waals surface area contributed by atoms with Crippen LogP contribution >= 0.6 is 11.6 Å². The Morgan fingerprint density at radius 3 is 2.92 bits per heavy atom. The van der Waals surface area contributed by atoms with Crippen molar-refractivity contribution in [3.63, 3.8) is 0 Å². The first-order chi connectivity index (χ1) is 11.6. The topological polar surface area (TPSA) is 48.4 Å². The molecular formula is C19H26ClN3O. The van der Waals surface area contributed by atoms with Crippen LogP contribution in [-0.4, -0.2) is 47.3 Å². The molecule has 2 N–H and O–H groups in total. The van der Waals surface area contributed by atoms with Gasteiger partial charge in [0.05, 0.1) is 11.6 Å². The second-order valence-corrected chi connectivity index (χ2v) is 7.28. The van der Waals surface area contributed by atoms with Gasteiger partial charge in [0.15, 0.2) is 0 Å². The highest BCUT2D eigenvalue weighted by molar-refractivity contribution is 6.35. The minimum atomic E-state index is -0.343. The predicted octanol–water partition coefficient (Wildman–Crippen LogP) is 3.07. The van der Waals surface area contributed by atoms with E-state index < -0.39 is 0 Å². The Labute approximate surface area is 148 Å². The molecule has 1 unspecified atom stereocenters. The number of benzene rings is 1. The first-order valence-corrected chi connectivity index (χ1v) is 9.14. The summed E-state index contributed by atoms with van der Waals surface area (Å²) in [6, 6.07) is 7.80. The van der Waals surface area contributed by atoms with Crippen molar-refractivity contribution in [1.29, 1.82) is 0 Å². The fraction of sp³-hybridized carbons (Fsp3) is 0.526. The maximum Gasteiger partial charge on any atom is 0.0791 e. The Balaban J connectivity index is 1.50. The van der Waals surface area contributed by atoms with Crippen LogP contribution in [-0.2, 0) is 6.54 Å². The highest BCUT2D eigenvalue weighted by Gasteiger charge is 2.18. The normalized spacial score (nSPS) is 18.1. The van der Waals surface area contributed by atoms with Crippen LogP contribution in [0, 0.1) is 5.92 Å². The Kier molecular flexibility index (Phi) is 6.06. The van der Waals surface area contributed by atoms with Crippen molar-refractivity contribution in [3.05, 3.63) is 41.0 Å². The molecule has 2 aromatic rings. The third kappa shape index (κ3) is 4.45. The SMILES string of the molecule is CC1CCN(CC(O)CNCc2ccc(Cl)c3cccnc23)CC1. The predicted molar refractivity (Wildman–Crippen MR) is 99.3 cm³/mol. The molecule has 1 aromatic heterocycles. The van der Waals surface area contributed by atoms with Gasteiger partial charge in [-0.2, -0.15) is 0 Å². The molecule has 0 amide bonds. The van der Waals surface area contributed by atoms with E-state index in [1.165, 1.54) is 12.8 Å². The molecule has 1 aromatic carbocycles. The molecule has 1 saturated heterocycles. The number of nitrogens with zero attached hydrogens (tertiary/aromatic N) is 2. The zero-order valence-corrected chi connectivity index (χ0v) is 15.0. The Hall–Kier alpha value is -1.20. The molecule has 130 valence electrons. The number of nitrogens with one attached hydrogen (secondary N) is 1. The summed E-state index contributed by atoms with van der Waals surface area (Å²) >= 11 is 6.23. The number of β-amino-alcohol motifs (C(OH)–C–C–N with tert-alkyl or cyclic N) is 1.